The second-order valence-electron chi connectivity index (χ2n) is 2.97. The average molecular weight is 212 g/mol. The molecular formula is C11H13FOS. The summed E-state index contributed by atoms with van der Waals surface area (Å²) in [5, 5.41) is 0. The second-order valence-corrected chi connectivity index (χ2v) is 4.11. The molecule has 1 aromatic carbocycles. The van der Waals surface area contributed by atoms with Crippen molar-refractivity contribution in [1.29, 1.82) is 0 Å². The third kappa shape index (κ3) is 2.84. The lowest BCUT2D eigenvalue weighted by Crippen LogP contribution is -1.91. The SMILES string of the molecule is CCCCSc1cccc(F)c1C=O. The lowest BCUT2D eigenvalue weighted by atomic mass is 10.2. The first-order valence-corrected chi connectivity index (χ1v) is 5.64. The van der Waals surface area contributed by atoms with Gasteiger partial charge in [0.2, 0.25) is 0 Å². The molecule has 0 heterocycles. The summed E-state index contributed by atoms with van der Waals surface area (Å²) in [6.45, 7) is 2.10. The number of thioether (sulfide) groups is 1. The van der Waals surface area contributed by atoms with E-state index < -0.39 is 5.82 Å². The van der Waals surface area contributed by atoms with Crippen molar-refractivity contribution >= 4 is 18.0 Å². The predicted octanol–water partition coefficient (Wildman–Crippen LogP) is 3.53. The van der Waals surface area contributed by atoms with E-state index in [9.17, 15) is 9.18 Å². The number of halogens is 1. The monoisotopic (exact) mass is 212 g/mol. The zero-order chi connectivity index (χ0) is 10.4. The lowest BCUT2D eigenvalue weighted by Gasteiger charge is -2.04. The molecule has 1 aromatic rings. The Morgan fingerprint density at radius 2 is 2.29 bits per heavy atom. The fraction of sp³-hybridized carbons (Fsp3) is 0.364. The van der Waals surface area contributed by atoms with Crippen LogP contribution in [0.4, 0.5) is 4.39 Å². The Hall–Kier alpha value is -0.830. The smallest absolute Gasteiger partial charge is 0.154 e. The Kier molecular flexibility index (Phi) is 4.66. The molecule has 0 saturated carbocycles. The summed E-state index contributed by atoms with van der Waals surface area (Å²) < 4.78 is 13.1. The summed E-state index contributed by atoms with van der Waals surface area (Å²) in [6.07, 6.45) is 2.78. The van der Waals surface area contributed by atoms with Crippen molar-refractivity contribution in [2.75, 3.05) is 5.75 Å². The van der Waals surface area contributed by atoms with Crippen LogP contribution in [0, 0.1) is 5.82 Å². The largest absolute Gasteiger partial charge is 0.298 e. The van der Waals surface area contributed by atoms with Gasteiger partial charge in [-0.15, -0.1) is 11.8 Å². The summed E-state index contributed by atoms with van der Waals surface area (Å²) in [6, 6.07) is 4.73. The van der Waals surface area contributed by atoms with E-state index in [1.54, 1.807) is 12.1 Å². The molecule has 0 aliphatic heterocycles. The van der Waals surface area contributed by atoms with Crippen molar-refractivity contribution in [3.63, 3.8) is 0 Å². The molecule has 76 valence electrons. The van der Waals surface area contributed by atoms with Crippen LogP contribution in [0.25, 0.3) is 0 Å². The van der Waals surface area contributed by atoms with Gasteiger partial charge in [0.25, 0.3) is 0 Å². The summed E-state index contributed by atoms with van der Waals surface area (Å²) >= 11 is 1.54. The molecule has 0 saturated heterocycles. The fourth-order valence-corrected chi connectivity index (χ4v) is 2.21. The van der Waals surface area contributed by atoms with Gasteiger partial charge in [-0.1, -0.05) is 19.4 Å². The molecular weight excluding hydrogens is 199 g/mol. The van der Waals surface area contributed by atoms with E-state index in [2.05, 4.69) is 6.92 Å². The number of benzene rings is 1. The highest BCUT2D eigenvalue weighted by Gasteiger charge is 2.06. The van der Waals surface area contributed by atoms with E-state index in [0.29, 0.717) is 6.29 Å². The van der Waals surface area contributed by atoms with Crippen LogP contribution in [0.3, 0.4) is 0 Å². The maximum Gasteiger partial charge on any atom is 0.154 e. The minimum atomic E-state index is -0.429. The third-order valence-electron chi connectivity index (χ3n) is 1.89. The molecule has 14 heavy (non-hydrogen) atoms. The maximum absolute atomic E-state index is 13.1. The van der Waals surface area contributed by atoms with Crippen LogP contribution in [0.2, 0.25) is 0 Å². The molecule has 1 nitrogen and oxygen atoms in total. The number of rotatable bonds is 5. The van der Waals surface area contributed by atoms with E-state index in [4.69, 9.17) is 0 Å². The van der Waals surface area contributed by atoms with Gasteiger partial charge in [-0.25, -0.2) is 4.39 Å². The molecule has 3 heteroatoms. The Balaban J connectivity index is 2.75. The quantitative estimate of drug-likeness (QED) is 0.422. The minimum absolute atomic E-state index is 0.189. The molecule has 0 N–H and O–H groups in total. The van der Waals surface area contributed by atoms with Crippen molar-refractivity contribution in [2.45, 2.75) is 24.7 Å². The lowest BCUT2D eigenvalue weighted by molar-refractivity contribution is 0.111. The first-order valence-electron chi connectivity index (χ1n) is 4.66. The number of unbranched alkanes of at least 4 members (excludes halogenated alkanes) is 1. The van der Waals surface area contributed by atoms with Crippen molar-refractivity contribution in [1.82, 2.24) is 0 Å². The fourth-order valence-electron chi connectivity index (χ4n) is 1.08. The van der Waals surface area contributed by atoms with Gasteiger partial charge < -0.3 is 0 Å². The molecule has 1 rings (SSSR count). The highest BCUT2D eigenvalue weighted by molar-refractivity contribution is 7.99. The summed E-state index contributed by atoms with van der Waals surface area (Å²) in [5.74, 6) is 0.502. The standard InChI is InChI=1S/C11H13FOS/c1-2-3-7-14-11-6-4-5-10(12)9(11)8-13/h4-6,8H,2-3,7H2,1H3. The van der Waals surface area contributed by atoms with Gasteiger partial charge in [-0.3, -0.25) is 4.79 Å². The van der Waals surface area contributed by atoms with Crippen molar-refractivity contribution in [3.8, 4) is 0 Å². The van der Waals surface area contributed by atoms with Crippen molar-refractivity contribution in [3.05, 3.63) is 29.6 Å². The Morgan fingerprint density at radius 1 is 1.50 bits per heavy atom. The molecule has 0 radical (unpaired) electrons. The predicted molar refractivity (Wildman–Crippen MR) is 57.4 cm³/mol. The van der Waals surface area contributed by atoms with Crippen LogP contribution < -0.4 is 0 Å². The summed E-state index contributed by atoms with van der Waals surface area (Å²) in [4.78, 5) is 11.4. The van der Waals surface area contributed by atoms with Gasteiger partial charge in [0.1, 0.15) is 5.82 Å². The average Bonchev–Trinajstić information content (AvgIpc) is 2.18. The number of carbonyl (C=O) groups excluding carboxylic acids is 1. The third-order valence-corrected chi connectivity index (χ3v) is 3.05. The molecule has 0 aromatic heterocycles. The van der Waals surface area contributed by atoms with Gasteiger partial charge in [0.15, 0.2) is 6.29 Å². The van der Waals surface area contributed by atoms with Gasteiger partial charge in [0, 0.05) is 4.90 Å². The van der Waals surface area contributed by atoms with Crippen LogP contribution in [0.15, 0.2) is 23.1 Å². The van der Waals surface area contributed by atoms with E-state index in [-0.39, 0.29) is 5.56 Å². The second kappa shape index (κ2) is 5.81. The molecule has 0 unspecified atom stereocenters. The Bertz CT molecular complexity index is 312. The van der Waals surface area contributed by atoms with Gasteiger partial charge in [0.05, 0.1) is 5.56 Å². The Morgan fingerprint density at radius 3 is 2.93 bits per heavy atom. The van der Waals surface area contributed by atoms with Crippen LogP contribution >= 0.6 is 11.8 Å². The molecule has 0 atom stereocenters. The van der Waals surface area contributed by atoms with Crippen molar-refractivity contribution in [2.24, 2.45) is 0 Å². The van der Waals surface area contributed by atoms with E-state index >= 15 is 0 Å². The zero-order valence-electron chi connectivity index (χ0n) is 8.13. The highest BCUT2D eigenvalue weighted by atomic mass is 32.2. The molecule has 0 amide bonds. The van der Waals surface area contributed by atoms with E-state index in [1.165, 1.54) is 17.8 Å². The van der Waals surface area contributed by atoms with Crippen molar-refractivity contribution < 1.29 is 9.18 Å². The van der Waals surface area contributed by atoms with Crippen LogP contribution in [-0.2, 0) is 0 Å². The maximum atomic E-state index is 13.1. The summed E-state index contributed by atoms with van der Waals surface area (Å²) in [7, 11) is 0. The van der Waals surface area contributed by atoms with E-state index in [1.807, 2.05) is 0 Å². The van der Waals surface area contributed by atoms with Gasteiger partial charge >= 0.3 is 0 Å². The molecule has 0 aliphatic carbocycles. The molecule has 0 bridgehead atoms. The normalized spacial score (nSPS) is 10.1. The topological polar surface area (TPSA) is 17.1 Å². The number of aldehydes is 1. The van der Waals surface area contributed by atoms with Crippen LogP contribution in [0.1, 0.15) is 30.1 Å². The summed E-state index contributed by atoms with van der Waals surface area (Å²) in [5.41, 5.74) is 0.189. The zero-order valence-corrected chi connectivity index (χ0v) is 8.94. The number of hydrogen-bond donors (Lipinski definition) is 0. The number of carbonyl (C=O) groups is 1. The highest BCUT2D eigenvalue weighted by Crippen LogP contribution is 2.24. The molecule has 0 spiro atoms. The number of hydrogen-bond acceptors (Lipinski definition) is 2. The first kappa shape index (κ1) is 11.2. The van der Waals surface area contributed by atoms with Crippen LogP contribution in [-0.4, -0.2) is 12.0 Å². The Labute approximate surface area is 87.7 Å². The van der Waals surface area contributed by atoms with E-state index in [0.717, 1.165) is 23.5 Å². The first-order chi connectivity index (χ1) is 6.79. The minimum Gasteiger partial charge on any atom is -0.298 e. The van der Waals surface area contributed by atoms with Gasteiger partial charge in [-0.05, 0) is 24.3 Å². The van der Waals surface area contributed by atoms with Crippen LogP contribution in [0.5, 0.6) is 0 Å². The van der Waals surface area contributed by atoms with Gasteiger partial charge in [-0.2, -0.15) is 0 Å². The molecule has 0 aliphatic rings. The molecule has 0 fully saturated rings.